The van der Waals surface area contributed by atoms with E-state index in [2.05, 4.69) is 24.3 Å². The van der Waals surface area contributed by atoms with E-state index in [1.807, 2.05) is 0 Å². The Balaban J connectivity index is 1.65. The summed E-state index contributed by atoms with van der Waals surface area (Å²) in [5.41, 5.74) is 2.89. The largest absolute Gasteiger partial charge is 0.299 e. The molecular weight excluding hydrogens is 244 g/mol. The van der Waals surface area contributed by atoms with E-state index >= 15 is 0 Å². The van der Waals surface area contributed by atoms with Crippen molar-refractivity contribution < 1.29 is 4.79 Å². The molecule has 2 aliphatic rings. The van der Waals surface area contributed by atoms with Crippen molar-refractivity contribution in [2.45, 2.75) is 64.2 Å². The fourth-order valence-electron chi connectivity index (χ4n) is 4.01. The molecule has 1 heteroatoms. The van der Waals surface area contributed by atoms with Crippen molar-refractivity contribution in [1.29, 1.82) is 0 Å². The minimum absolute atomic E-state index is 0.300. The van der Waals surface area contributed by atoms with E-state index in [4.69, 9.17) is 0 Å². The van der Waals surface area contributed by atoms with Gasteiger partial charge < -0.3 is 0 Å². The normalized spacial score (nSPS) is 24.5. The van der Waals surface area contributed by atoms with Gasteiger partial charge in [-0.05, 0) is 43.2 Å². The molecule has 0 aliphatic heterocycles. The summed E-state index contributed by atoms with van der Waals surface area (Å²) in [7, 11) is 0. The molecule has 0 radical (unpaired) electrons. The Kier molecular flexibility index (Phi) is 4.54. The predicted molar refractivity (Wildman–Crippen MR) is 82.8 cm³/mol. The standard InChI is InChI=1S/C19H26O/c20-19(16-9-4-2-1-3-5-10-16)18-13-12-15-8-6-7-11-17(15)14-18/h6-8,11,16,18H,1-5,9-10,12-14H2. The van der Waals surface area contributed by atoms with Crippen LogP contribution in [0.15, 0.2) is 24.3 Å². The highest BCUT2D eigenvalue weighted by Gasteiger charge is 2.29. The first-order valence-corrected chi connectivity index (χ1v) is 8.45. The van der Waals surface area contributed by atoms with E-state index in [-0.39, 0.29) is 0 Å². The van der Waals surface area contributed by atoms with Gasteiger partial charge >= 0.3 is 0 Å². The Bertz CT molecular complexity index is 455. The van der Waals surface area contributed by atoms with Gasteiger partial charge in [-0.15, -0.1) is 0 Å². The zero-order valence-electron chi connectivity index (χ0n) is 12.4. The van der Waals surface area contributed by atoms with Crippen LogP contribution >= 0.6 is 0 Å². The summed E-state index contributed by atoms with van der Waals surface area (Å²) in [4.78, 5) is 12.8. The van der Waals surface area contributed by atoms with Crippen molar-refractivity contribution in [2.24, 2.45) is 11.8 Å². The molecule has 1 aromatic rings. The quantitative estimate of drug-likeness (QED) is 0.760. The minimum atomic E-state index is 0.300. The first kappa shape index (κ1) is 13.9. The molecule has 1 fully saturated rings. The second-order valence-corrected chi connectivity index (χ2v) is 6.65. The lowest BCUT2D eigenvalue weighted by Crippen LogP contribution is -2.29. The Hall–Kier alpha value is -1.11. The Morgan fingerprint density at radius 1 is 0.800 bits per heavy atom. The van der Waals surface area contributed by atoms with E-state index < -0.39 is 0 Å². The summed E-state index contributed by atoms with van der Waals surface area (Å²) in [5, 5.41) is 0. The molecule has 0 saturated heterocycles. The van der Waals surface area contributed by atoms with Crippen LogP contribution in [-0.2, 0) is 17.6 Å². The lowest BCUT2D eigenvalue weighted by atomic mass is 9.76. The third kappa shape index (κ3) is 3.13. The maximum atomic E-state index is 12.8. The molecule has 0 aromatic heterocycles. The number of aryl methyl sites for hydroxylation is 1. The molecule has 0 amide bonds. The highest BCUT2D eigenvalue weighted by Crippen LogP contribution is 2.31. The van der Waals surface area contributed by atoms with E-state index in [9.17, 15) is 4.79 Å². The molecule has 1 saturated carbocycles. The maximum absolute atomic E-state index is 12.8. The summed E-state index contributed by atoms with van der Waals surface area (Å²) in [6.07, 6.45) is 12.0. The topological polar surface area (TPSA) is 17.1 Å². The number of Topliss-reactive ketones (excluding diaryl/α,β-unsaturated/α-hetero) is 1. The van der Waals surface area contributed by atoms with Crippen molar-refractivity contribution in [3.05, 3.63) is 35.4 Å². The van der Waals surface area contributed by atoms with Gasteiger partial charge in [0.05, 0.1) is 0 Å². The van der Waals surface area contributed by atoms with Crippen LogP contribution in [0, 0.1) is 11.8 Å². The second kappa shape index (κ2) is 6.56. The van der Waals surface area contributed by atoms with Crippen molar-refractivity contribution in [1.82, 2.24) is 0 Å². The SMILES string of the molecule is O=C(C1CCCCCCC1)C1CCc2ccccc2C1. The van der Waals surface area contributed by atoms with Gasteiger partial charge in [-0.3, -0.25) is 4.79 Å². The van der Waals surface area contributed by atoms with Gasteiger partial charge in [0.25, 0.3) is 0 Å². The van der Waals surface area contributed by atoms with Gasteiger partial charge in [0.1, 0.15) is 5.78 Å². The number of carbonyl (C=O) groups is 1. The van der Waals surface area contributed by atoms with Gasteiger partial charge in [0.15, 0.2) is 0 Å². The molecular formula is C19H26O. The van der Waals surface area contributed by atoms with Crippen LogP contribution in [0.25, 0.3) is 0 Å². The molecule has 1 aromatic carbocycles. The van der Waals surface area contributed by atoms with Crippen molar-refractivity contribution >= 4 is 5.78 Å². The highest BCUT2D eigenvalue weighted by molar-refractivity contribution is 5.84. The fraction of sp³-hybridized carbons (Fsp3) is 0.632. The van der Waals surface area contributed by atoms with Crippen molar-refractivity contribution in [2.75, 3.05) is 0 Å². The Morgan fingerprint density at radius 3 is 2.20 bits per heavy atom. The number of ketones is 1. The summed E-state index contributed by atoms with van der Waals surface area (Å²) in [5.74, 6) is 1.25. The number of fused-ring (bicyclic) bond motifs is 1. The summed E-state index contributed by atoms with van der Waals surface area (Å²) in [6.45, 7) is 0. The average Bonchev–Trinajstić information content (AvgIpc) is 2.46. The van der Waals surface area contributed by atoms with Crippen molar-refractivity contribution in [3.63, 3.8) is 0 Å². The smallest absolute Gasteiger partial charge is 0.139 e. The molecule has 0 spiro atoms. The second-order valence-electron chi connectivity index (χ2n) is 6.65. The summed E-state index contributed by atoms with van der Waals surface area (Å²) < 4.78 is 0. The third-order valence-corrected chi connectivity index (χ3v) is 5.26. The first-order chi connectivity index (χ1) is 9.84. The Morgan fingerprint density at radius 2 is 1.45 bits per heavy atom. The van der Waals surface area contributed by atoms with Gasteiger partial charge in [0, 0.05) is 11.8 Å². The number of benzene rings is 1. The maximum Gasteiger partial charge on any atom is 0.139 e. The van der Waals surface area contributed by atoms with E-state index in [1.165, 1.54) is 43.2 Å². The third-order valence-electron chi connectivity index (χ3n) is 5.26. The lowest BCUT2D eigenvalue weighted by molar-refractivity contribution is -0.127. The first-order valence-electron chi connectivity index (χ1n) is 8.45. The molecule has 2 aliphatic carbocycles. The summed E-state index contributed by atoms with van der Waals surface area (Å²) >= 11 is 0. The van der Waals surface area contributed by atoms with E-state index in [0.29, 0.717) is 17.6 Å². The minimum Gasteiger partial charge on any atom is -0.299 e. The van der Waals surface area contributed by atoms with Gasteiger partial charge in [0.2, 0.25) is 0 Å². The monoisotopic (exact) mass is 270 g/mol. The molecule has 1 unspecified atom stereocenters. The molecule has 108 valence electrons. The van der Waals surface area contributed by atoms with Crippen LogP contribution in [0.2, 0.25) is 0 Å². The highest BCUT2D eigenvalue weighted by atomic mass is 16.1. The number of rotatable bonds is 2. The van der Waals surface area contributed by atoms with Crippen LogP contribution < -0.4 is 0 Å². The molecule has 20 heavy (non-hydrogen) atoms. The van der Waals surface area contributed by atoms with Crippen molar-refractivity contribution in [3.8, 4) is 0 Å². The van der Waals surface area contributed by atoms with Gasteiger partial charge in [-0.1, -0.05) is 56.4 Å². The number of hydrogen-bond acceptors (Lipinski definition) is 1. The number of carbonyl (C=O) groups excluding carboxylic acids is 1. The van der Waals surface area contributed by atoms with Gasteiger partial charge in [-0.25, -0.2) is 0 Å². The van der Waals surface area contributed by atoms with E-state index in [0.717, 1.165) is 32.1 Å². The zero-order chi connectivity index (χ0) is 13.8. The zero-order valence-corrected chi connectivity index (χ0v) is 12.4. The molecule has 0 heterocycles. The molecule has 3 rings (SSSR count). The van der Waals surface area contributed by atoms with E-state index in [1.54, 1.807) is 0 Å². The van der Waals surface area contributed by atoms with Crippen LogP contribution in [0.1, 0.15) is 62.5 Å². The molecule has 0 N–H and O–H groups in total. The predicted octanol–water partition coefficient (Wildman–Crippen LogP) is 4.72. The Labute approximate surface area is 122 Å². The van der Waals surface area contributed by atoms with Crippen LogP contribution in [0.4, 0.5) is 0 Å². The van der Waals surface area contributed by atoms with Crippen LogP contribution in [-0.4, -0.2) is 5.78 Å². The molecule has 1 nitrogen and oxygen atoms in total. The molecule has 1 atom stereocenters. The van der Waals surface area contributed by atoms with Gasteiger partial charge in [-0.2, -0.15) is 0 Å². The molecule has 0 bridgehead atoms. The summed E-state index contributed by atoms with van der Waals surface area (Å²) in [6, 6.07) is 8.68. The number of hydrogen-bond donors (Lipinski definition) is 0. The van der Waals surface area contributed by atoms with Crippen LogP contribution in [0.5, 0.6) is 0 Å². The lowest BCUT2D eigenvalue weighted by Gasteiger charge is -2.28. The van der Waals surface area contributed by atoms with Crippen LogP contribution in [0.3, 0.4) is 0 Å². The fourth-order valence-corrected chi connectivity index (χ4v) is 4.01. The average molecular weight is 270 g/mol.